The number of nitrogens with one attached hydrogen (secondary N) is 1. The van der Waals surface area contributed by atoms with Crippen LogP contribution in [-0.2, 0) is 10.0 Å². The van der Waals surface area contributed by atoms with Crippen molar-refractivity contribution in [1.29, 1.82) is 0 Å². The summed E-state index contributed by atoms with van der Waals surface area (Å²) in [6.45, 7) is 2.13. The molecule has 1 N–H and O–H groups in total. The van der Waals surface area contributed by atoms with Gasteiger partial charge in [-0.3, -0.25) is 4.72 Å². The molecule has 0 radical (unpaired) electrons. The lowest BCUT2D eigenvalue weighted by Gasteiger charge is -2.11. The standard InChI is InChI=1S/C17H15ClN2O3S2/c1-2-23-15-9-8-13(18)10-16(15)25(21,22)20-17-19-14(11-24-17)12-6-4-3-5-7-12/h3-11H,2H2,1H3,(H,19,20). The summed E-state index contributed by atoms with van der Waals surface area (Å²) in [5.41, 5.74) is 1.63. The van der Waals surface area contributed by atoms with Gasteiger partial charge in [-0.15, -0.1) is 11.3 Å². The number of hydrogen-bond acceptors (Lipinski definition) is 5. The molecule has 0 saturated heterocycles. The summed E-state index contributed by atoms with van der Waals surface area (Å²) < 4.78 is 33.3. The van der Waals surface area contributed by atoms with E-state index in [4.69, 9.17) is 16.3 Å². The molecule has 0 unspecified atom stereocenters. The third kappa shape index (κ3) is 4.12. The topological polar surface area (TPSA) is 68.3 Å². The van der Waals surface area contributed by atoms with E-state index < -0.39 is 10.0 Å². The van der Waals surface area contributed by atoms with E-state index in [9.17, 15) is 8.42 Å². The van der Waals surface area contributed by atoms with Gasteiger partial charge in [-0.05, 0) is 25.1 Å². The number of aromatic nitrogens is 1. The molecular formula is C17H15ClN2O3S2. The van der Waals surface area contributed by atoms with Crippen molar-refractivity contribution in [3.05, 3.63) is 58.9 Å². The second-order valence-electron chi connectivity index (χ2n) is 5.03. The number of rotatable bonds is 6. The van der Waals surface area contributed by atoms with Gasteiger partial charge in [-0.2, -0.15) is 0 Å². The van der Waals surface area contributed by atoms with E-state index >= 15 is 0 Å². The summed E-state index contributed by atoms with van der Waals surface area (Å²) in [5.74, 6) is 0.249. The van der Waals surface area contributed by atoms with Crippen molar-refractivity contribution in [1.82, 2.24) is 4.98 Å². The van der Waals surface area contributed by atoms with Crippen LogP contribution in [0.1, 0.15) is 6.92 Å². The van der Waals surface area contributed by atoms with Gasteiger partial charge in [0.05, 0.1) is 12.3 Å². The summed E-state index contributed by atoms with van der Waals surface area (Å²) in [5, 5.41) is 2.39. The lowest BCUT2D eigenvalue weighted by atomic mass is 10.2. The second-order valence-corrected chi connectivity index (χ2v) is 7.98. The van der Waals surface area contributed by atoms with Gasteiger partial charge in [0.25, 0.3) is 10.0 Å². The third-order valence-electron chi connectivity index (χ3n) is 3.29. The SMILES string of the molecule is CCOc1ccc(Cl)cc1S(=O)(=O)Nc1nc(-c2ccccc2)cs1. The number of sulfonamides is 1. The maximum atomic E-state index is 12.7. The Labute approximate surface area is 155 Å². The summed E-state index contributed by atoms with van der Waals surface area (Å²) >= 11 is 7.16. The fraction of sp³-hybridized carbons (Fsp3) is 0.118. The van der Waals surface area contributed by atoms with E-state index in [-0.39, 0.29) is 15.8 Å². The minimum Gasteiger partial charge on any atom is -0.492 e. The average Bonchev–Trinajstić information content (AvgIpc) is 3.05. The van der Waals surface area contributed by atoms with E-state index in [1.165, 1.54) is 23.5 Å². The molecule has 0 amide bonds. The Morgan fingerprint density at radius 2 is 1.96 bits per heavy atom. The van der Waals surface area contributed by atoms with Gasteiger partial charge in [-0.25, -0.2) is 13.4 Å². The van der Waals surface area contributed by atoms with E-state index in [1.807, 2.05) is 30.3 Å². The Hall–Kier alpha value is -2.09. The first-order valence-corrected chi connectivity index (χ1v) is 10.2. The van der Waals surface area contributed by atoms with Crippen molar-refractivity contribution < 1.29 is 13.2 Å². The number of ether oxygens (including phenoxy) is 1. The molecule has 130 valence electrons. The number of halogens is 1. The van der Waals surface area contributed by atoms with E-state index in [1.54, 1.807) is 18.4 Å². The molecule has 8 heteroatoms. The molecule has 0 aliphatic carbocycles. The zero-order chi connectivity index (χ0) is 17.9. The molecule has 0 aliphatic heterocycles. The van der Waals surface area contributed by atoms with Gasteiger partial charge in [0.2, 0.25) is 0 Å². The Morgan fingerprint density at radius 3 is 2.68 bits per heavy atom. The van der Waals surface area contributed by atoms with Crippen LogP contribution in [0.2, 0.25) is 5.02 Å². The maximum absolute atomic E-state index is 12.7. The van der Waals surface area contributed by atoms with Crippen LogP contribution in [0.5, 0.6) is 5.75 Å². The van der Waals surface area contributed by atoms with Gasteiger partial charge in [0.15, 0.2) is 5.13 Å². The third-order valence-corrected chi connectivity index (χ3v) is 5.77. The zero-order valence-corrected chi connectivity index (χ0v) is 15.7. The van der Waals surface area contributed by atoms with Crippen molar-refractivity contribution >= 4 is 38.1 Å². The number of hydrogen-bond donors (Lipinski definition) is 1. The molecule has 5 nitrogen and oxygen atoms in total. The number of thiazole rings is 1. The average molecular weight is 395 g/mol. The smallest absolute Gasteiger partial charge is 0.267 e. The van der Waals surface area contributed by atoms with Crippen LogP contribution in [-0.4, -0.2) is 20.0 Å². The summed E-state index contributed by atoms with van der Waals surface area (Å²) in [7, 11) is -3.87. The van der Waals surface area contributed by atoms with E-state index in [0.717, 1.165) is 5.56 Å². The van der Waals surface area contributed by atoms with Gasteiger partial charge in [0, 0.05) is 16.0 Å². The molecule has 0 atom stereocenters. The van der Waals surface area contributed by atoms with Crippen molar-refractivity contribution in [3.63, 3.8) is 0 Å². The predicted molar refractivity (Wildman–Crippen MR) is 101 cm³/mol. The number of nitrogens with zero attached hydrogens (tertiary/aromatic N) is 1. The fourth-order valence-corrected chi connectivity index (χ4v) is 4.58. The van der Waals surface area contributed by atoms with Crippen molar-refractivity contribution in [2.45, 2.75) is 11.8 Å². The van der Waals surface area contributed by atoms with Gasteiger partial charge >= 0.3 is 0 Å². The highest BCUT2D eigenvalue weighted by Gasteiger charge is 2.22. The van der Waals surface area contributed by atoms with Crippen LogP contribution >= 0.6 is 22.9 Å². The molecule has 3 aromatic rings. The molecule has 0 aliphatic rings. The Bertz CT molecular complexity index is 973. The first-order chi connectivity index (χ1) is 12.0. The molecule has 3 rings (SSSR count). The monoisotopic (exact) mass is 394 g/mol. The largest absolute Gasteiger partial charge is 0.492 e. The van der Waals surface area contributed by atoms with Crippen LogP contribution in [0.3, 0.4) is 0 Å². The molecule has 2 aromatic carbocycles. The zero-order valence-electron chi connectivity index (χ0n) is 13.3. The molecule has 25 heavy (non-hydrogen) atoms. The molecule has 0 bridgehead atoms. The minimum atomic E-state index is -3.87. The quantitative estimate of drug-likeness (QED) is 0.660. The summed E-state index contributed by atoms with van der Waals surface area (Å²) in [6, 6.07) is 14.0. The van der Waals surface area contributed by atoms with E-state index in [2.05, 4.69) is 9.71 Å². The van der Waals surface area contributed by atoms with Gasteiger partial charge in [0.1, 0.15) is 10.6 Å². The molecular weight excluding hydrogens is 380 g/mol. The second kappa shape index (κ2) is 7.43. The molecule has 0 spiro atoms. The summed E-state index contributed by atoms with van der Waals surface area (Å²) in [6.07, 6.45) is 0. The highest BCUT2D eigenvalue weighted by molar-refractivity contribution is 7.93. The first-order valence-electron chi connectivity index (χ1n) is 7.45. The van der Waals surface area contributed by atoms with Crippen LogP contribution in [0.4, 0.5) is 5.13 Å². The molecule has 0 saturated carbocycles. The van der Waals surface area contributed by atoms with Crippen molar-refractivity contribution in [2.75, 3.05) is 11.3 Å². The Balaban J connectivity index is 1.90. The van der Waals surface area contributed by atoms with Crippen LogP contribution in [0.15, 0.2) is 58.8 Å². The van der Waals surface area contributed by atoms with Gasteiger partial charge < -0.3 is 4.74 Å². The van der Waals surface area contributed by atoms with Crippen molar-refractivity contribution in [2.24, 2.45) is 0 Å². The normalized spacial score (nSPS) is 11.3. The molecule has 1 heterocycles. The van der Waals surface area contributed by atoms with Crippen LogP contribution in [0, 0.1) is 0 Å². The number of benzene rings is 2. The highest BCUT2D eigenvalue weighted by atomic mass is 35.5. The lowest BCUT2D eigenvalue weighted by Crippen LogP contribution is -2.14. The van der Waals surface area contributed by atoms with Crippen LogP contribution in [0.25, 0.3) is 11.3 Å². The minimum absolute atomic E-state index is 0.0155. The van der Waals surface area contributed by atoms with Gasteiger partial charge in [-0.1, -0.05) is 41.9 Å². The fourth-order valence-electron chi connectivity index (χ4n) is 2.20. The van der Waals surface area contributed by atoms with Crippen LogP contribution < -0.4 is 9.46 Å². The molecule has 1 aromatic heterocycles. The summed E-state index contributed by atoms with van der Waals surface area (Å²) in [4.78, 5) is 4.33. The highest BCUT2D eigenvalue weighted by Crippen LogP contribution is 2.31. The lowest BCUT2D eigenvalue weighted by molar-refractivity contribution is 0.331. The number of anilines is 1. The Morgan fingerprint density at radius 1 is 1.20 bits per heavy atom. The Kier molecular flexibility index (Phi) is 5.27. The van der Waals surface area contributed by atoms with Crippen molar-refractivity contribution in [3.8, 4) is 17.0 Å². The molecule has 0 fully saturated rings. The first kappa shape index (κ1) is 17.7. The predicted octanol–water partition coefficient (Wildman–Crippen LogP) is 4.66. The maximum Gasteiger partial charge on any atom is 0.267 e. The van der Waals surface area contributed by atoms with E-state index in [0.29, 0.717) is 17.3 Å².